The summed E-state index contributed by atoms with van der Waals surface area (Å²) in [7, 11) is 0. The van der Waals surface area contributed by atoms with Gasteiger partial charge in [-0.25, -0.2) is 0 Å². The van der Waals surface area contributed by atoms with Crippen LogP contribution >= 0.6 is 11.8 Å². The molecule has 0 saturated heterocycles. The van der Waals surface area contributed by atoms with Crippen molar-refractivity contribution in [3.63, 3.8) is 0 Å². The zero-order valence-corrected chi connectivity index (χ0v) is 13.9. The molecule has 0 amide bonds. The van der Waals surface area contributed by atoms with Gasteiger partial charge in [0.05, 0.1) is 17.0 Å². The topological polar surface area (TPSA) is 12.4 Å². The van der Waals surface area contributed by atoms with Crippen molar-refractivity contribution in [2.45, 2.75) is 30.3 Å². The van der Waals surface area contributed by atoms with Crippen LogP contribution in [0.25, 0.3) is 0 Å². The Morgan fingerprint density at radius 3 is 2.67 bits per heavy atom. The Kier molecular flexibility index (Phi) is 3.71. The van der Waals surface area contributed by atoms with Crippen LogP contribution < -0.4 is 0 Å². The van der Waals surface area contributed by atoms with Crippen molar-refractivity contribution in [1.29, 1.82) is 0 Å². The van der Waals surface area contributed by atoms with Crippen LogP contribution in [-0.4, -0.2) is 11.5 Å². The molecule has 1 heterocycles. The number of halogens is 3. The summed E-state index contributed by atoms with van der Waals surface area (Å²) in [6.45, 7) is 2.09. The zero-order chi connectivity index (χ0) is 16.9. The molecule has 0 radical (unpaired) electrons. The largest absolute Gasteiger partial charge is 0.416 e. The first-order valence-electron chi connectivity index (χ1n) is 8.01. The van der Waals surface area contributed by atoms with E-state index in [2.05, 4.69) is 18.0 Å². The first kappa shape index (κ1) is 15.8. The molecule has 2 aromatic carbocycles. The standard InChI is InChI=1S/C19H16F3NS/c1-2-24-17-6-4-3-5-13(17)18-15-10-14(15)12-8-7-11(19(20,21)22)9-16(12)23-18/h3-9,14-15H,2,10H2,1H3. The Hall–Kier alpha value is -1.75. The second-order valence-electron chi connectivity index (χ2n) is 6.15. The quantitative estimate of drug-likeness (QED) is 0.615. The van der Waals surface area contributed by atoms with E-state index in [0.717, 1.165) is 33.9 Å². The van der Waals surface area contributed by atoms with Gasteiger partial charge in [-0.15, -0.1) is 11.8 Å². The maximum absolute atomic E-state index is 13.0. The fourth-order valence-electron chi connectivity index (χ4n) is 3.40. The van der Waals surface area contributed by atoms with E-state index in [9.17, 15) is 13.2 Å². The summed E-state index contributed by atoms with van der Waals surface area (Å²) in [5, 5.41) is 0. The molecule has 2 unspecified atom stereocenters. The van der Waals surface area contributed by atoms with Crippen LogP contribution in [0, 0.1) is 5.92 Å². The molecule has 0 spiro atoms. The number of fused-ring (bicyclic) bond motifs is 3. The van der Waals surface area contributed by atoms with Gasteiger partial charge in [0.1, 0.15) is 0 Å². The third-order valence-corrected chi connectivity index (χ3v) is 5.56. The minimum atomic E-state index is -4.33. The van der Waals surface area contributed by atoms with Gasteiger partial charge < -0.3 is 0 Å². The second kappa shape index (κ2) is 5.66. The van der Waals surface area contributed by atoms with E-state index in [1.807, 2.05) is 18.2 Å². The van der Waals surface area contributed by atoms with Gasteiger partial charge in [-0.05, 0) is 41.9 Å². The van der Waals surface area contributed by atoms with Crippen molar-refractivity contribution < 1.29 is 13.2 Å². The highest BCUT2D eigenvalue weighted by Gasteiger charge is 2.47. The predicted octanol–water partition coefficient (Wildman–Crippen LogP) is 6.06. The second-order valence-corrected chi connectivity index (χ2v) is 7.45. The molecule has 1 aliphatic carbocycles. The van der Waals surface area contributed by atoms with Gasteiger partial charge in [-0.1, -0.05) is 31.2 Å². The molecule has 1 aliphatic heterocycles. The van der Waals surface area contributed by atoms with Gasteiger partial charge in [0.2, 0.25) is 0 Å². The lowest BCUT2D eigenvalue weighted by Crippen LogP contribution is -2.11. The molecular weight excluding hydrogens is 331 g/mol. The number of thioether (sulfide) groups is 1. The first-order chi connectivity index (χ1) is 11.5. The van der Waals surface area contributed by atoms with Gasteiger partial charge in [-0.3, -0.25) is 4.99 Å². The summed E-state index contributed by atoms with van der Waals surface area (Å²) in [5.74, 6) is 1.61. The van der Waals surface area contributed by atoms with Crippen molar-refractivity contribution >= 4 is 23.2 Å². The fourth-order valence-corrected chi connectivity index (χ4v) is 4.22. The molecule has 5 heteroatoms. The highest BCUT2D eigenvalue weighted by Crippen LogP contribution is 2.56. The van der Waals surface area contributed by atoms with E-state index in [1.165, 1.54) is 12.1 Å². The first-order valence-corrected chi connectivity index (χ1v) is 8.99. The van der Waals surface area contributed by atoms with Crippen molar-refractivity contribution in [3.8, 4) is 0 Å². The maximum Gasteiger partial charge on any atom is 0.416 e. The van der Waals surface area contributed by atoms with E-state index < -0.39 is 11.7 Å². The molecule has 24 heavy (non-hydrogen) atoms. The third-order valence-electron chi connectivity index (χ3n) is 4.60. The normalized spacial score (nSPS) is 21.8. The van der Waals surface area contributed by atoms with Crippen LogP contribution in [0.4, 0.5) is 18.9 Å². The number of hydrogen-bond acceptors (Lipinski definition) is 2. The number of hydrogen-bond donors (Lipinski definition) is 0. The van der Waals surface area contributed by atoms with Crippen LogP contribution in [0.1, 0.15) is 36.0 Å². The van der Waals surface area contributed by atoms with Crippen LogP contribution in [0.3, 0.4) is 0 Å². The molecule has 1 saturated carbocycles. The molecule has 1 fully saturated rings. The maximum atomic E-state index is 13.0. The molecule has 2 atom stereocenters. The SMILES string of the molecule is CCSc1ccccc1C1=Nc2cc(C(F)(F)F)ccc2C2CC12. The Balaban J connectivity index is 1.81. The minimum Gasteiger partial charge on any atom is -0.252 e. The van der Waals surface area contributed by atoms with E-state index in [0.29, 0.717) is 17.5 Å². The summed E-state index contributed by atoms with van der Waals surface area (Å²) in [5.41, 5.74) is 2.83. The molecule has 0 N–H and O–H groups in total. The molecule has 2 aliphatic rings. The van der Waals surface area contributed by atoms with Gasteiger partial charge in [0, 0.05) is 16.4 Å². The number of rotatable bonds is 3. The number of benzene rings is 2. The Bertz CT molecular complexity index is 826. The molecule has 124 valence electrons. The van der Waals surface area contributed by atoms with Crippen LogP contribution in [0.5, 0.6) is 0 Å². The molecule has 2 aromatic rings. The van der Waals surface area contributed by atoms with Crippen molar-refractivity contribution in [3.05, 3.63) is 59.2 Å². The predicted molar refractivity (Wildman–Crippen MR) is 91.3 cm³/mol. The van der Waals surface area contributed by atoms with Crippen molar-refractivity contribution in [1.82, 2.24) is 0 Å². The summed E-state index contributed by atoms with van der Waals surface area (Å²) < 4.78 is 39.0. The zero-order valence-electron chi connectivity index (χ0n) is 13.1. The Morgan fingerprint density at radius 2 is 1.92 bits per heavy atom. The lowest BCUT2D eigenvalue weighted by Gasteiger charge is -2.18. The van der Waals surface area contributed by atoms with Gasteiger partial charge >= 0.3 is 6.18 Å². The van der Waals surface area contributed by atoms with Gasteiger partial charge in [0.15, 0.2) is 0 Å². The number of alkyl halides is 3. The molecule has 0 bridgehead atoms. The smallest absolute Gasteiger partial charge is 0.252 e. The number of nitrogens with zero attached hydrogens (tertiary/aromatic N) is 1. The third kappa shape index (κ3) is 2.65. The molecule has 0 aromatic heterocycles. The fraction of sp³-hybridized carbons (Fsp3) is 0.316. The van der Waals surface area contributed by atoms with E-state index in [1.54, 1.807) is 17.8 Å². The van der Waals surface area contributed by atoms with E-state index in [-0.39, 0.29) is 0 Å². The number of aliphatic imine (C=N–C) groups is 1. The molecule has 4 rings (SSSR count). The molecule has 1 nitrogen and oxygen atoms in total. The monoisotopic (exact) mass is 347 g/mol. The summed E-state index contributed by atoms with van der Waals surface area (Å²) in [6.07, 6.45) is -3.36. The van der Waals surface area contributed by atoms with Crippen LogP contribution in [0.15, 0.2) is 52.4 Å². The highest BCUT2D eigenvalue weighted by molar-refractivity contribution is 7.99. The Morgan fingerprint density at radius 1 is 1.12 bits per heavy atom. The Labute approximate surface area is 143 Å². The van der Waals surface area contributed by atoms with Gasteiger partial charge in [0.25, 0.3) is 0 Å². The van der Waals surface area contributed by atoms with E-state index in [4.69, 9.17) is 0 Å². The summed E-state index contributed by atoms with van der Waals surface area (Å²) in [4.78, 5) is 5.81. The van der Waals surface area contributed by atoms with Crippen LogP contribution in [0.2, 0.25) is 0 Å². The highest BCUT2D eigenvalue weighted by atomic mass is 32.2. The summed E-state index contributed by atoms with van der Waals surface area (Å²) in [6, 6.07) is 12.0. The lowest BCUT2D eigenvalue weighted by atomic mass is 9.96. The van der Waals surface area contributed by atoms with Crippen molar-refractivity contribution in [2.75, 3.05) is 5.75 Å². The van der Waals surface area contributed by atoms with Gasteiger partial charge in [-0.2, -0.15) is 13.2 Å². The van der Waals surface area contributed by atoms with Crippen molar-refractivity contribution in [2.24, 2.45) is 10.9 Å². The molecular formula is C19H16F3NS. The average Bonchev–Trinajstić information content (AvgIpc) is 3.34. The van der Waals surface area contributed by atoms with E-state index >= 15 is 0 Å². The summed E-state index contributed by atoms with van der Waals surface area (Å²) >= 11 is 1.74. The lowest BCUT2D eigenvalue weighted by molar-refractivity contribution is -0.137. The van der Waals surface area contributed by atoms with Crippen LogP contribution in [-0.2, 0) is 6.18 Å². The average molecular weight is 347 g/mol. The minimum absolute atomic E-state index is 0.314.